The van der Waals surface area contributed by atoms with Crippen LogP contribution in [0.25, 0.3) is 0 Å². The van der Waals surface area contributed by atoms with E-state index in [1.54, 1.807) is 0 Å². The Balaban J connectivity index is 4.05. The predicted octanol–water partition coefficient (Wildman–Crippen LogP) is 3.06. The Bertz CT molecular complexity index is 111. The van der Waals surface area contributed by atoms with Crippen molar-refractivity contribution in [3.8, 4) is 0 Å². The van der Waals surface area contributed by atoms with Crippen molar-refractivity contribution >= 4 is 0 Å². The number of hydrogen-bond donors (Lipinski definition) is 1. The fourth-order valence-electron chi connectivity index (χ4n) is 1.84. The molecule has 74 valence electrons. The van der Waals surface area contributed by atoms with Crippen LogP contribution in [0.4, 0.5) is 0 Å². The second-order valence-electron chi connectivity index (χ2n) is 5.04. The summed E-state index contributed by atoms with van der Waals surface area (Å²) < 4.78 is 0. The van der Waals surface area contributed by atoms with Gasteiger partial charge < -0.3 is 5.32 Å². The van der Waals surface area contributed by atoms with Crippen LogP contribution in [0.2, 0.25) is 0 Å². The molecule has 0 aromatic carbocycles. The fraction of sp³-hybridized carbons (Fsp3) is 1.00. The lowest BCUT2D eigenvalue weighted by atomic mass is 9.80. The topological polar surface area (TPSA) is 12.0 Å². The lowest BCUT2D eigenvalue weighted by Gasteiger charge is -2.34. The van der Waals surface area contributed by atoms with Gasteiger partial charge in [-0.2, -0.15) is 0 Å². The third-order valence-electron chi connectivity index (χ3n) is 2.21. The molecule has 1 unspecified atom stereocenters. The number of hydrogen-bond acceptors (Lipinski definition) is 1. The fourth-order valence-corrected chi connectivity index (χ4v) is 1.84. The molecule has 0 aromatic rings. The molecule has 0 radical (unpaired) electrons. The van der Waals surface area contributed by atoms with Gasteiger partial charge in [-0.15, -0.1) is 0 Å². The molecular formula is C11H25N. The van der Waals surface area contributed by atoms with Crippen LogP contribution in [0.5, 0.6) is 0 Å². The van der Waals surface area contributed by atoms with Gasteiger partial charge in [0.05, 0.1) is 0 Å². The van der Waals surface area contributed by atoms with Gasteiger partial charge in [0.15, 0.2) is 0 Å². The van der Waals surface area contributed by atoms with Crippen LogP contribution in [-0.4, -0.2) is 12.6 Å². The van der Waals surface area contributed by atoms with E-state index in [0.717, 1.165) is 12.5 Å². The molecular weight excluding hydrogens is 146 g/mol. The molecule has 1 heteroatoms. The highest BCUT2D eigenvalue weighted by molar-refractivity contribution is 4.82. The second kappa shape index (κ2) is 4.86. The van der Waals surface area contributed by atoms with E-state index in [1.165, 1.54) is 6.42 Å². The third-order valence-corrected chi connectivity index (χ3v) is 2.21. The van der Waals surface area contributed by atoms with Crippen molar-refractivity contribution in [3.63, 3.8) is 0 Å². The highest BCUT2D eigenvalue weighted by atomic mass is 14.9. The maximum absolute atomic E-state index is 3.61. The molecule has 0 rings (SSSR count). The van der Waals surface area contributed by atoms with Gasteiger partial charge in [-0.1, -0.05) is 41.5 Å². The van der Waals surface area contributed by atoms with Crippen molar-refractivity contribution in [3.05, 3.63) is 0 Å². The molecule has 0 saturated heterocycles. The van der Waals surface area contributed by atoms with Crippen molar-refractivity contribution in [1.82, 2.24) is 5.32 Å². The molecule has 0 fully saturated rings. The normalized spacial score (nSPS) is 15.2. The van der Waals surface area contributed by atoms with Crippen LogP contribution in [-0.2, 0) is 0 Å². The van der Waals surface area contributed by atoms with E-state index < -0.39 is 0 Å². The quantitative estimate of drug-likeness (QED) is 0.685. The molecule has 0 aromatic heterocycles. The van der Waals surface area contributed by atoms with Crippen LogP contribution in [0, 0.1) is 11.3 Å². The molecule has 0 aliphatic heterocycles. The molecule has 0 aliphatic rings. The molecule has 1 atom stereocenters. The van der Waals surface area contributed by atoms with Gasteiger partial charge in [-0.25, -0.2) is 0 Å². The summed E-state index contributed by atoms with van der Waals surface area (Å²) in [5.74, 6) is 0.719. The molecule has 0 aliphatic carbocycles. The zero-order chi connectivity index (χ0) is 9.78. The molecule has 0 bridgehead atoms. The first-order valence-electron chi connectivity index (χ1n) is 5.13. The van der Waals surface area contributed by atoms with Gasteiger partial charge in [0.2, 0.25) is 0 Å². The van der Waals surface area contributed by atoms with Gasteiger partial charge in [0, 0.05) is 6.04 Å². The Morgan fingerprint density at radius 2 is 1.67 bits per heavy atom. The first kappa shape index (κ1) is 12.0. The number of nitrogens with one attached hydrogen (secondary N) is 1. The summed E-state index contributed by atoms with van der Waals surface area (Å²) in [4.78, 5) is 0. The highest BCUT2D eigenvalue weighted by Crippen LogP contribution is 2.24. The summed E-state index contributed by atoms with van der Waals surface area (Å²) in [6.45, 7) is 14.9. The first-order valence-corrected chi connectivity index (χ1v) is 5.13. The highest BCUT2D eigenvalue weighted by Gasteiger charge is 2.26. The van der Waals surface area contributed by atoms with Crippen LogP contribution in [0.1, 0.15) is 48.0 Å². The average Bonchev–Trinajstić information content (AvgIpc) is 1.84. The smallest absolute Gasteiger partial charge is 0.0139 e. The largest absolute Gasteiger partial charge is 0.313 e. The summed E-state index contributed by atoms with van der Waals surface area (Å²) in [5.41, 5.74) is 0.378. The van der Waals surface area contributed by atoms with Crippen molar-refractivity contribution in [1.29, 1.82) is 0 Å². The minimum atomic E-state index is 0.378. The molecule has 0 amide bonds. The van der Waals surface area contributed by atoms with E-state index in [1.807, 2.05) is 0 Å². The average molecular weight is 171 g/mol. The minimum absolute atomic E-state index is 0.378. The summed E-state index contributed by atoms with van der Waals surface area (Å²) >= 11 is 0. The Kier molecular flexibility index (Phi) is 4.84. The van der Waals surface area contributed by atoms with Crippen LogP contribution in [0.3, 0.4) is 0 Å². The van der Waals surface area contributed by atoms with Gasteiger partial charge in [-0.05, 0) is 24.3 Å². The van der Waals surface area contributed by atoms with E-state index in [9.17, 15) is 0 Å². The van der Waals surface area contributed by atoms with Crippen molar-refractivity contribution < 1.29 is 0 Å². The zero-order valence-corrected chi connectivity index (χ0v) is 9.57. The lowest BCUT2D eigenvalue weighted by molar-refractivity contribution is 0.212. The monoisotopic (exact) mass is 171 g/mol. The molecule has 0 saturated carbocycles. The maximum atomic E-state index is 3.61. The maximum Gasteiger partial charge on any atom is 0.0139 e. The van der Waals surface area contributed by atoms with Crippen molar-refractivity contribution in [2.24, 2.45) is 11.3 Å². The van der Waals surface area contributed by atoms with Crippen LogP contribution < -0.4 is 5.32 Å². The van der Waals surface area contributed by atoms with Crippen molar-refractivity contribution in [2.45, 2.75) is 54.0 Å². The SMILES string of the molecule is CCCNC(C(C)C)C(C)(C)C. The summed E-state index contributed by atoms with van der Waals surface area (Å²) in [6, 6.07) is 0.637. The molecule has 0 heterocycles. The Labute approximate surface area is 77.9 Å². The van der Waals surface area contributed by atoms with Gasteiger partial charge in [0.1, 0.15) is 0 Å². The molecule has 1 nitrogen and oxygen atoms in total. The Hall–Kier alpha value is -0.0400. The Morgan fingerprint density at radius 3 is 1.92 bits per heavy atom. The van der Waals surface area contributed by atoms with E-state index in [-0.39, 0.29) is 0 Å². The van der Waals surface area contributed by atoms with E-state index in [4.69, 9.17) is 0 Å². The second-order valence-corrected chi connectivity index (χ2v) is 5.04. The van der Waals surface area contributed by atoms with Gasteiger partial charge in [0.25, 0.3) is 0 Å². The minimum Gasteiger partial charge on any atom is -0.313 e. The van der Waals surface area contributed by atoms with Gasteiger partial charge >= 0.3 is 0 Å². The van der Waals surface area contributed by atoms with E-state index >= 15 is 0 Å². The van der Waals surface area contributed by atoms with E-state index in [2.05, 4.69) is 46.9 Å². The van der Waals surface area contributed by atoms with Crippen molar-refractivity contribution in [2.75, 3.05) is 6.54 Å². The number of rotatable bonds is 4. The predicted molar refractivity (Wildman–Crippen MR) is 56.4 cm³/mol. The summed E-state index contributed by atoms with van der Waals surface area (Å²) in [7, 11) is 0. The summed E-state index contributed by atoms with van der Waals surface area (Å²) in [5, 5.41) is 3.61. The lowest BCUT2D eigenvalue weighted by Crippen LogP contribution is -2.44. The molecule has 12 heavy (non-hydrogen) atoms. The van der Waals surface area contributed by atoms with Gasteiger partial charge in [-0.3, -0.25) is 0 Å². The third kappa shape index (κ3) is 4.10. The zero-order valence-electron chi connectivity index (χ0n) is 9.57. The molecule has 1 N–H and O–H groups in total. The first-order chi connectivity index (χ1) is 5.39. The molecule has 0 spiro atoms. The van der Waals surface area contributed by atoms with E-state index in [0.29, 0.717) is 11.5 Å². The van der Waals surface area contributed by atoms with Crippen LogP contribution in [0.15, 0.2) is 0 Å². The Morgan fingerprint density at radius 1 is 1.17 bits per heavy atom. The summed E-state index contributed by atoms with van der Waals surface area (Å²) in [6.07, 6.45) is 1.22. The van der Waals surface area contributed by atoms with Crippen LogP contribution >= 0.6 is 0 Å². The standard InChI is InChI=1S/C11H25N/c1-7-8-12-10(9(2)3)11(4,5)6/h9-10,12H,7-8H2,1-6H3.